The molecular weight excluding hydrogens is 284 g/mol. The molecule has 2 heterocycles. The molecule has 1 aromatic rings. The van der Waals surface area contributed by atoms with Crippen molar-refractivity contribution in [2.24, 2.45) is 11.7 Å². The third-order valence-electron chi connectivity index (χ3n) is 3.18. The normalized spacial score (nSPS) is 17.7. The summed E-state index contributed by atoms with van der Waals surface area (Å²) in [7, 11) is -3.44. The first-order chi connectivity index (χ1) is 9.12. The van der Waals surface area contributed by atoms with Gasteiger partial charge in [-0.2, -0.15) is 16.9 Å². The fourth-order valence-electron chi connectivity index (χ4n) is 2.00. The minimum atomic E-state index is -3.44. The highest BCUT2D eigenvalue weighted by atomic mass is 32.2. The second-order valence-electron chi connectivity index (χ2n) is 4.64. The standard InChI is InChI=1S/C11H20N4O2S2/c12-3-4-15-9-11(8-13-15)19(16,17)14-7-10-1-5-18-6-2-10/h8-10,14H,1-7,12H2. The molecule has 0 amide bonds. The van der Waals surface area contributed by atoms with Gasteiger partial charge in [0.05, 0.1) is 12.7 Å². The van der Waals surface area contributed by atoms with Crippen LogP contribution in [0.3, 0.4) is 0 Å². The van der Waals surface area contributed by atoms with Gasteiger partial charge in [-0.3, -0.25) is 4.68 Å². The lowest BCUT2D eigenvalue weighted by Gasteiger charge is -2.21. The zero-order valence-corrected chi connectivity index (χ0v) is 12.4. The highest BCUT2D eigenvalue weighted by Crippen LogP contribution is 2.22. The molecule has 0 saturated carbocycles. The van der Waals surface area contributed by atoms with Crippen molar-refractivity contribution < 1.29 is 8.42 Å². The summed E-state index contributed by atoms with van der Waals surface area (Å²) in [6.07, 6.45) is 5.06. The lowest BCUT2D eigenvalue weighted by atomic mass is 10.0. The van der Waals surface area contributed by atoms with Crippen LogP contribution in [0.25, 0.3) is 0 Å². The van der Waals surface area contributed by atoms with E-state index in [1.54, 1.807) is 4.68 Å². The molecule has 2 rings (SSSR count). The number of hydrogen-bond acceptors (Lipinski definition) is 5. The molecule has 0 radical (unpaired) electrons. The van der Waals surface area contributed by atoms with E-state index in [1.807, 2.05) is 11.8 Å². The summed E-state index contributed by atoms with van der Waals surface area (Å²) in [6.45, 7) is 1.48. The zero-order valence-electron chi connectivity index (χ0n) is 10.8. The summed E-state index contributed by atoms with van der Waals surface area (Å²) in [5, 5.41) is 3.98. The van der Waals surface area contributed by atoms with Gasteiger partial charge in [0.15, 0.2) is 0 Å². The Balaban J connectivity index is 1.92. The van der Waals surface area contributed by atoms with Crippen LogP contribution in [-0.4, -0.2) is 42.8 Å². The van der Waals surface area contributed by atoms with Crippen molar-refractivity contribution >= 4 is 21.8 Å². The second-order valence-corrected chi connectivity index (χ2v) is 7.63. The number of nitrogens with two attached hydrogens (primary N) is 1. The molecule has 0 aliphatic carbocycles. The van der Waals surface area contributed by atoms with E-state index in [1.165, 1.54) is 12.4 Å². The second kappa shape index (κ2) is 6.74. The van der Waals surface area contributed by atoms with Gasteiger partial charge in [-0.25, -0.2) is 13.1 Å². The van der Waals surface area contributed by atoms with E-state index >= 15 is 0 Å². The van der Waals surface area contributed by atoms with Gasteiger partial charge in [-0.15, -0.1) is 0 Å². The third-order valence-corrected chi connectivity index (χ3v) is 5.61. The van der Waals surface area contributed by atoms with Gasteiger partial charge in [0, 0.05) is 19.3 Å². The molecule has 0 spiro atoms. The fourth-order valence-corrected chi connectivity index (χ4v) is 4.27. The molecule has 1 aliphatic heterocycles. The maximum atomic E-state index is 12.1. The summed E-state index contributed by atoms with van der Waals surface area (Å²) in [5.74, 6) is 2.71. The Morgan fingerprint density at radius 2 is 2.21 bits per heavy atom. The maximum absolute atomic E-state index is 12.1. The van der Waals surface area contributed by atoms with Crippen LogP contribution in [0.5, 0.6) is 0 Å². The summed E-state index contributed by atoms with van der Waals surface area (Å²) in [6, 6.07) is 0. The van der Waals surface area contributed by atoms with Crippen LogP contribution in [0.1, 0.15) is 12.8 Å². The molecule has 1 fully saturated rings. The topological polar surface area (TPSA) is 90.0 Å². The minimum Gasteiger partial charge on any atom is -0.329 e. The highest BCUT2D eigenvalue weighted by Gasteiger charge is 2.20. The van der Waals surface area contributed by atoms with E-state index in [0.717, 1.165) is 24.3 Å². The van der Waals surface area contributed by atoms with E-state index in [4.69, 9.17) is 5.73 Å². The van der Waals surface area contributed by atoms with Crippen molar-refractivity contribution in [1.82, 2.24) is 14.5 Å². The molecule has 0 aromatic carbocycles. The predicted octanol–water partition coefficient (Wildman–Crippen LogP) is 0.263. The number of thioether (sulfide) groups is 1. The SMILES string of the molecule is NCCn1cc(S(=O)(=O)NCC2CCSCC2)cn1. The van der Waals surface area contributed by atoms with Crippen LogP contribution in [0, 0.1) is 5.92 Å². The van der Waals surface area contributed by atoms with Crippen molar-refractivity contribution in [3.05, 3.63) is 12.4 Å². The van der Waals surface area contributed by atoms with Crippen molar-refractivity contribution in [2.75, 3.05) is 24.6 Å². The van der Waals surface area contributed by atoms with Crippen molar-refractivity contribution in [3.8, 4) is 0 Å². The Morgan fingerprint density at radius 1 is 1.47 bits per heavy atom. The first-order valence-electron chi connectivity index (χ1n) is 6.42. The van der Waals surface area contributed by atoms with Crippen LogP contribution in [0.4, 0.5) is 0 Å². The summed E-state index contributed by atoms with van der Waals surface area (Å²) < 4.78 is 28.4. The van der Waals surface area contributed by atoms with Crippen LogP contribution < -0.4 is 10.5 Å². The number of sulfonamides is 1. The van der Waals surface area contributed by atoms with Crippen LogP contribution in [0.2, 0.25) is 0 Å². The molecule has 1 aliphatic rings. The largest absolute Gasteiger partial charge is 0.329 e. The van der Waals surface area contributed by atoms with E-state index in [2.05, 4.69) is 9.82 Å². The number of aromatic nitrogens is 2. The van der Waals surface area contributed by atoms with E-state index in [-0.39, 0.29) is 4.90 Å². The highest BCUT2D eigenvalue weighted by molar-refractivity contribution is 7.99. The van der Waals surface area contributed by atoms with E-state index < -0.39 is 10.0 Å². The minimum absolute atomic E-state index is 0.214. The van der Waals surface area contributed by atoms with Gasteiger partial charge < -0.3 is 5.73 Å². The van der Waals surface area contributed by atoms with E-state index in [9.17, 15) is 8.42 Å². The molecule has 0 atom stereocenters. The van der Waals surface area contributed by atoms with Gasteiger partial charge in [0.25, 0.3) is 0 Å². The lowest BCUT2D eigenvalue weighted by Crippen LogP contribution is -2.30. The van der Waals surface area contributed by atoms with Gasteiger partial charge in [0.1, 0.15) is 4.90 Å². The smallest absolute Gasteiger partial charge is 0.243 e. The molecular formula is C11H20N4O2S2. The molecule has 0 bridgehead atoms. The Bertz CT molecular complexity index is 495. The van der Waals surface area contributed by atoms with Gasteiger partial charge in [-0.05, 0) is 30.3 Å². The molecule has 1 aromatic heterocycles. The number of nitrogens with one attached hydrogen (secondary N) is 1. The third kappa shape index (κ3) is 4.20. The average molecular weight is 304 g/mol. The van der Waals surface area contributed by atoms with Crippen molar-refractivity contribution in [3.63, 3.8) is 0 Å². The Labute approximate surface area is 118 Å². The maximum Gasteiger partial charge on any atom is 0.243 e. The monoisotopic (exact) mass is 304 g/mol. The fraction of sp³-hybridized carbons (Fsp3) is 0.727. The summed E-state index contributed by atoms with van der Waals surface area (Å²) in [5.41, 5.74) is 5.41. The Morgan fingerprint density at radius 3 is 2.89 bits per heavy atom. The Hall–Kier alpha value is -0.570. The number of nitrogens with zero attached hydrogens (tertiary/aromatic N) is 2. The molecule has 108 valence electrons. The Kier molecular flexibility index (Phi) is 5.26. The van der Waals surface area contributed by atoms with Gasteiger partial charge >= 0.3 is 0 Å². The number of hydrogen-bond donors (Lipinski definition) is 2. The van der Waals surface area contributed by atoms with Crippen LogP contribution >= 0.6 is 11.8 Å². The predicted molar refractivity (Wildman–Crippen MR) is 76.5 cm³/mol. The first-order valence-corrected chi connectivity index (χ1v) is 9.05. The number of rotatable bonds is 6. The first kappa shape index (κ1) is 14.8. The van der Waals surface area contributed by atoms with E-state index in [0.29, 0.717) is 25.6 Å². The lowest BCUT2D eigenvalue weighted by molar-refractivity contribution is 0.476. The molecule has 0 unspecified atom stereocenters. The molecule has 8 heteroatoms. The van der Waals surface area contributed by atoms with Crippen molar-refractivity contribution in [2.45, 2.75) is 24.3 Å². The summed E-state index contributed by atoms with van der Waals surface area (Å²) in [4.78, 5) is 0.214. The quantitative estimate of drug-likeness (QED) is 0.787. The molecule has 1 saturated heterocycles. The van der Waals surface area contributed by atoms with Crippen LogP contribution in [0.15, 0.2) is 17.3 Å². The molecule has 3 N–H and O–H groups in total. The zero-order chi connectivity index (χ0) is 13.7. The molecule has 6 nitrogen and oxygen atoms in total. The summed E-state index contributed by atoms with van der Waals surface area (Å²) >= 11 is 1.93. The average Bonchev–Trinajstić information content (AvgIpc) is 2.88. The van der Waals surface area contributed by atoms with Gasteiger partial charge in [0.2, 0.25) is 10.0 Å². The van der Waals surface area contributed by atoms with Crippen molar-refractivity contribution in [1.29, 1.82) is 0 Å². The van der Waals surface area contributed by atoms with Gasteiger partial charge in [-0.1, -0.05) is 0 Å². The molecule has 19 heavy (non-hydrogen) atoms. The van der Waals surface area contributed by atoms with Crippen LogP contribution in [-0.2, 0) is 16.6 Å².